The van der Waals surface area contributed by atoms with Crippen LogP contribution in [0, 0.1) is 0 Å². The minimum Gasteiger partial charge on any atom is -0.428 e. The Hall–Kier alpha value is -2.43. The molecule has 0 heterocycles. The molecule has 0 atom stereocenters. The minimum absolute atomic E-state index is 0.403. The Kier molecular flexibility index (Phi) is 14.8. The van der Waals surface area contributed by atoms with Gasteiger partial charge >= 0.3 is 0 Å². The number of rotatable bonds is 6. The van der Waals surface area contributed by atoms with E-state index in [1.165, 1.54) is 39.6 Å². The van der Waals surface area contributed by atoms with E-state index in [2.05, 4.69) is 119 Å². The van der Waals surface area contributed by atoms with Crippen molar-refractivity contribution in [1.82, 2.24) is 0 Å². The van der Waals surface area contributed by atoms with Crippen LogP contribution in [-0.2, 0) is 11.2 Å². The largest absolute Gasteiger partial charge is 0.428 e. The molecular weight excluding hydrogens is 540 g/mol. The Balaban J connectivity index is 0.000000251. The highest BCUT2D eigenvalue weighted by atomic mass is 79.9. The number of hydrogen-bond donors (Lipinski definition) is 0. The fourth-order valence-corrected chi connectivity index (χ4v) is 3.70. The number of benzene rings is 3. The number of carbonyl (C=O) groups excluding carboxylic acids is 1. The molecule has 174 valence electrons. The second kappa shape index (κ2) is 17.1. The first-order valence-corrected chi connectivity index (χ1v) is 12.5. The number of para-hydroxylation sites is 1. The first-order valence-electron chi connectivity index (χ1n) is 10.9. The van der Waals surface area contributed by atoms with E-state index in [4.69, 9.17) is 0 Å². The lowest BCUT2D eigenvalue weighted by molar-refractivity contribution is -0.120. The molecule has 33 heavy (non-hydrogen) atoms. The Bertz CT molecular complexity index is 1020. The molecule has 0 N–H and O–H groups in total. The third kappa shape index (κ3) is 11.8. The molecule has 0 saturated carbocycles. The van der Waals surface area contributed by atoms with Crippen molar-refractivity contribution < 1.29 is 9.53 Å². The predicted octanol–water partition coefficient (Wildman–Crippen LogP) is 9.44. The summed E-state index contributed by atoms with van der Waals surface area (Å²) in [4.78, 5) is 9.88. The van der Waals surface area contributed by atoms with Crippen LogP contribution in [0.25, 0.3) is 5.57 Å². The summed E-state index contributed by atoms with van der Waals surface area (Å²) in [6.45, 7) is 8.90. The molecule has 0 aliphatic carbocycles. The van der Waals surface area contributed by atoms with Gasteiger partial charge in [-0.3, -0.25) is 4.79 Å². The summed E-state index contributed by atoms with van der Waals surface area (Å²) in [6.07, 6.45) is 6.72. The van der Waals surface area contributed by atoms with Gasteiger partial charge in [0.1, 0.15) is 5.75 Å². The van der Waals surface area contributed by atoms with Gasteiger partial charge in [0.05, 0.1) is 4.47 Å². The molecule has 0 aliphatic heterocycles. The zero-order valence-electron chi connectivity index (χ0n) is 19.7. The average Bonchev–Trinajstić information content (AvgIpc) is 2.82. The summed E-state index contributed by atoms with van der Waals surface area (Å²) < 4.78 is 6.62. The Morgan fingerprint density at radius 1 is 0.848 bits per heavy atom. The summed E-state index contributed by atoms with van der Waals surface area (Å²) in [6, 6.07) is 26.0. The van der Waals surface area contributed by atoms with Crippen molar-refractivity contribution in [3.05, 3.63) is 117 Å². The molecule has 0 aliphatic rings. The molecule has 0 spiro atoms. The molecular formula is C29H32Br2O2. The van der Waals surface area contributed by atoms with Crippen LogP contribution in [-0.4, -0.2) is 6.47 Å². The lowest BCUT2D eigenvalue weighted by Crippen LogP contribution is -1.87. The van der Waals surface area contributed by atoms with Crippen LogP contribution in [0.4, 0.5) is 0 Å². The molecule has 0 amide bonds. The van der Waals surface area contributed by atoms with Crippen molar-refractivity contribution in [1.29, 1.82) is 0 Å². The van der Waals surface area contributed by atoms with E-state index in [0.717, 1.165) is 4.47 Å². The Morgan fingerprint density at radius 2 is 1.42 bits per heavy atom. The Morgan fingerprint density at radius 3 is 1.94 bits per heavy atom. The standard InChI is InChI=1S/C13H16.C9H11Br.C7H5BrO2/c1-4-12(10-11(2)3)13-8-6-5-7-9-13;1-2-5-8-6-3-4-7-9(8)10;8-6-3-1-2-4-7(6)10-5-9/h4-10H,1-3H3;3-4,6-7H,2,5H2,1H3;1-5H/b12-4+;;. The van der Waals surface area contributed by atoms with E-state index in [0.29, 0.717) is 12.2 Å². The molecule has 4 heteroatoms. The van der Waals surface area contributed by atoms with Crippen molar-refractivity contribution in [3.63, 3.8) is 0 Å². The van der Waals surface area contributed by atoms with Crippen LogP contribution in [0.1, 0.15) is 45.2 Å². The van der Waals surface area contributed by atoms with Gasteiger partial charge in [0, 0.05) is 4.47 Å². The van der Waals surface area contributed by atoms with Crippen molar-refractivity contribution in [2.75, 3.05) is 0 Å². The van der Waals surface area contributed by atoms with E-state index < -0.39 is 0 Å². The molecule has 0 fully saturated rings. The summed E-state index contributed by atoms with van der Waals surface area (Å²) >= 11 is 6.71. The zero-order valence-corrected chi connectivity index (χ0v) is 22.9. The highest BCUT2D eigenvalue weighted by Crippen LogP contribution is 2.22. The monoisotopic (exact) mass is 570 g/mol. The van der Waals surface area contributed by atoms with Gasteiger partial charge in [0.15, 0.2) is 0 Å². The average molecular weight is 572 g/mol. The smallest absolute Gasteiger partial charge is 0.298 e. The first kappa shape index (κ1) is 28.6. The number of allylic oxidation sites excluding steroid dienone is 4. The predicted molar refractivity (Wildman–Crippen MR) is 148 cm³/mol. The van der Waals surface area contributed by atoms with Crippen LogP contribution in [0.5, 0.6) is 5.75 Å². The van der Waals surface area contributed by atoms with Crippen molar-refractivity contribution in [2.45, 2.75) is 40.5 Å². The van der Waals surface area contributed by atoms with Crippen molar-refractivity contribution >= 4 is 43.9 Å². The van der Waals surface area contributed by atoms with Gasteiger partial charge in [-0.2, -0.15) is 0 Å². The lowest BCUT2D eigenvalue weighted by Gasteiger charge is -2.01. The molecule has 0 saturated heterocycles. The molecule has 0 radical (unpaired) electrons. The van der Waals surface area contributed by atoms with Crippen LogP contribution < -0.4 is 4.74 Å². The maximum Gasteiger partial charge on any atom is 0.298 e. The molecule has 0 unspecified atom stereocenters. The number of carbonyl (C=O) groups is 1. The van der Waals surface area contributed by atoms with E-state index in [1.54, 1.807) is 18.2 Å². The summed E-state index contributed by atoms with van der Waals surface area (Å²) in [7, 11) is 0. The summed E-state index contributed by atoms with van der Waals surface area (Å²) in [5.74, 6) is 0.539. The molecule has 0 bridgehead atoms. The summed E-state index contributed by atoms with van der Waals surface area (Å²) in [5, 5.41) is 0. The Labute approximate surface area is 215 Å². The molecule has 0 aromatic heterocycles. The number of hydrogen-bond acceptors (Lipinski definition) is 2. The number of ether oxygens (including phenoxy) is 1. The number of halogens is 2. The quantitative estimate of drug-likeness (QED) is 0.217. The van der Waals surface area contributed by atoms with Gasteiger partial charge in [-0.1, -0.05) is 108 Å². The second-order valence-electron chi connectivity index (χ2n) is 7.32. The van der Waals surface area contributed by atoms with Crippen LogP contribution in [0.2, 0.25) is 0 Å². The topological polar surface area (TPSA) is 26.3 Å². The first-order chi connectivity index (χ1) is 15.9. The lowest BCUT2D eigenvalue weighted by atomic mass is 10.0. The van der Waals surface area contributed by atoms with Gasteiger partial charge < -0.3 is 4.74 Å². The second-order valence-corrected chi connectivity index (χ2v) is 9.03. The maximum atomic E-state index is 9.88. The van der Waals surface area contributed by atoms with Gasteiger partial charge in [-0.05, 0) is 78.0 Å². The zero-order chi connectivity index (χ0) is 24.5. The molecule has 3 rings (SSSR count). The van der Waals surface area contributed by atoms with Crippen LogP contribution in [0.3, 0.4) is 0 Å². The van der Waals surface area contributed by atoms with Gasteiger partial charge in [-0.25, -0.2) is 0 Å². The van der Waals surface area contributed by atoms with E-state index in [9.17, 15) is 4.79 Å². The minimum atomic E-state index is 0.403. The van der Waals surface area contributed by atoms with E-state index >= 15 is 0 Å². The highest BCUT2D eigenvalue weighted by molar-refractivity contribution is 9.10. The fraction of sp³-hybridized carbons (Fsp3) is 0.207. The van der Waals surface area contributed by atoms with Crippen molar-refractivity contribution in [2.24, 2.45) is 0 Å². The highest BCUT2D eigenvalue weighted by Gasteiger charge is 1.96. The molecule has 2 nitrogen and oxygen atoms in total. The molecule has 3 aromatic carbocycles. The third-order valence-corrected chi connectivity index (χ3v) is 5.78. The van der Waals surface area contributed by atoms with E-state index in [1.807, 2.05) is 18.2 Å². The van der Waals surface area contributed by atoms with Gasteiger partial charge in [0.2, 0.25) is 0 Å². The van der Waals surface area contributed by atoms with Gasteiger partial charge in [0.25, 0.3) is 6.47 Å². The van der Waals surface area contributed by atoms with Gasteiger partial charge in [-0.15, -0.1) is 0 Å². The third-order valence-electron chi connectivity index (χ3n) is 4.35. The van der Waals surface area contributed by atoms with Crippen LogP contribution in [0.15, 0.2) is 106 Å². The normalized spacial score (nSPS) is 10.1. The molecule has 3 aromatic rings. The summed E-state index contributed by atoms with van der Waals surface area (Å²) in [5.41, 5.74) is 5.31. The van der Waals surface area contributed by atoms with E-state index in [-0.39, 0.29) is 0 Å². The maximum absolute atomic E-state index is 9.88. The fourth-order valence-electron chi connectivity index (χ4n) is 2.84. The number of aryl methyl sites for hydroxylation is 1. The van der Waals surface area contributed by atoms with Crippen LogP contribution >= 0.6 is 31.9 Å². The SMILES string of the molecule is C/C=C(\C=C(C)C)c1ccccc1.CCCc1ccccc1Br.O=COc1ccccc1Br. The van der Waals surface area contributed by atoms with Crippen molar-refractivity contribution in [3.8, 4) is 5.75 Å².